The Morgan fingerprint density at radius 3 is 2.10 bits per heavy atom. The topological polar surface area (TPSA) is 59.0 Å². The minimum atomic E-state index is -0.198. The van der Waals surface area contributed by atoms with Crippen molar-refractivity contribution in [3.8, 4) is 6.07 Å². The highest BCUT2D eigenvalue weighted by atomic mass is 32.2. The predicted molar refractivity (Wildman–Crippen MR) is 83.9 cm³/mol. The molecule has 0 aliphatic carbocycles. The average molecular weight is 294 g/mol. The largest absolute Gasteiger partial charge is 0.468 e. The Kier molecular flexibility index (Phi) is 3.85. The van der Waals surface area contributed by atoms with E-state index in [2.05, 4.69) is 6.07 Å². The van der Waals surface area contributed by atoms with Gasteiger partial charge in [-0.1, -0.05) is 72.4 Å². The Morgan fingerprint density at radius 1 is 0.952 bits per heavy atom. The smallest absolute Gasteiger partial charge is 0.209 e. The van der Waals surface area contributed by atoms with Crippen LogP contribution < -0.4 is 5.73 Å². The Bertz CT molecular complexity index is 692. The van der Waals surface area contributed by atoms with Crippen LogP contribution in [0.2, 0.25) is 0 Å². The molecule has 0 radical (unpaired) electrons. The first-order valence-electron chi connectivity index (χ1n) is 6.62. The van der Waals surface area contributed by atoms with Gasteiger partial charge in [-0.05, 0) is 11.1 Å². The Hall–Kier alpha value is -2.38. The second kappa shape index (κ2) is 5.94. The molecule has 0 spiro atoms. The molecule has 2 aromatic carbocycles. The number of hydrogen-bond donors (Lipinski definition) is 1. The molecule has 2 N–H and O–H groups in total. The summed E-state index contributed by atoms with van der Waals surface area (Å²) in [5.74, 6) is 0.212. The van der Waals surface area contributed by atoms with E-state index < -0.39 is 0 Å². The normalized spacial score (nSPS) is 21.5. The lowest BCUT2D eigenvalue weighted by atomic mass is 10.0. The van der Waals surface area contributed by atoms with Gasteiger partial charge in [0.15, 0.2) is 0 Å². The highest BCUT2D eigenvalue weighted by molar-refractivity contribution is 8.03. The maximum atomic E-state index is 9.19. The molecule has 4 heteroatoms. The van der Waals surface area contributed by atoms with Crippen LogP contribution in [0.15, 0.2) is 71.5 Å². The predicted octanol–water partition coefficient (Wildman–Crippen LogP) is 3.88. The number of thioether (sulfide) groups is 1. The van der Waals surface area contributed by atoms with Crippen molar-refractivity contribution >= 4 is 11.8 Å². The van der Waals surface area contributed by atoms with Gasteiger partial charge in [0.2, 0.25) is 5.88 Å². The third-order valence-corrected chi connectivity index (χ3v) is 4.66. The zero-order valence-corrected chi connectivity index (χ0v) is 12.1. The molecule has 21 heavy (non-hydrogen) atoms. The van der Waals surface area contributed by atoms with Crippen molar-refractivity contribution < 1.29 is 4.74 Å². The van der Waals surface area contributed by atoms with E-state index in [9.17, 15) is 5.26 Å². The van der Waals surface area contributed by atoms with Crippen molar-refractivity contribution in [2.75, 3.05) is 0 Å². The minimum Gasteiger partial charge on any atom is -0.468 e. The Labute approximate surface area is 128 Å². The first kappa shape index (κ1) is 13.6. The molecule has 1 aliphatic rings. The van der Waals surface area contributed by atoms with Crippen molar-refractivity contribution in [2.24, 2.45) is 5.73 Å². The summed E-state index contributed by atoms with van der Waals surface area (Å²) < 4.78 is 5.86. The number of ether oxygens (including phenoxy) is 1. The lowest BCUT2D eigenvalue weighted by Crippen LogP contribution is -2.21. The Balaban J connectivity index is 2.04. The lowest BCUT2D eigenvalue weighted by Gasteiger charge is -2.32. The van der Waals surface area contributed by atoms with E-state index in [-0.39, 0.29) is 17.2 Å². The molecule has 0 saturated heterocycles. The second-order valence-electron chi connectivity index (χ2n) is 4.70. The first-order chi connectivity index (χ1) is 10.3. The highest BCUT2D eigenvalue weighted by Crippen LogP contribution is 2.49. The molecule has 0 unspecified atom stereocenters. The third kappa shape index (κ3) is 2.74. The second-order valence-corrected chi connectivity index (χ2v) is 5.86. The van der Waals surface area contributed by atoms with E-state index in [1.165, 1.54) is 11.8 Å². The van der Waals surface area contributed by atoms with Crippen LogP contribution in [0.25, 0.3) is 0 Å². The average Bonchev–Trinajstić information content (AvgIpc) is 2.56. The molecule has 3 rings (SSSR count). The molecule has 3 nitrogen and oxygen atoms in total. The number of nitriles is 1. The number of nitrogens with zero attached hydrogens (tertiary/aromatic N) is 1. The van der Waals surface area contributed by atoms with Gasteiger partial charge >= 0.3 is 0 Å². The van der Waals surface area contributed by atoms with Gasteiger partial charge in [0.1, 0.15) is 17.1 Å². The van der Waals surface area contributed by atoms with Gasteiger partial charge in [-0.3, -0.25) is 0 Å². The molecular weight excluding hydrogens is 280 g/mol. The van der Waals surface area contributed by atoms with Gasteiger partial charge in [0, 0.05) is 0 Å². The molecular formula is C17H14N2OS. The van der Waals surface area contributed by atoms with Crippen molar-refractivity contribution in [3.63, 3.8) is 0 Å². The SMILES string of the molecule is N#CC1=C(N)O[C@@H](c2ccccc2)[C@H](c2ccccc2)S1. The standard InChI is InChI=1S/C17H14N2OS/c18-11-14-17(19)20-15(12-7-3-1-4-8-12)16(21-14)13-9-5-2-6-10-13/h1-10,15-16H,19H2/t15-,16-/m0/s1. The molecule has 104 valence electrons. The molecule has 0 aromatic heterocycles. The fourth-order valence-corrected chi connectivity index (χ4v) is 3.45. The summed E-state index contributed by atoms with van der Waals surface area (Å²) in [6.45, 7) is 0. The van der Waals surface area contributed by atoms with E-state index in [1.54, 1.807) is 0 Å². The van der Waals surface area contributed by atoms with Crippen LogP contribution >= 0.6 is 11.8 Å². The quantitative estimate of drug-likeness (QED) is 0.913. The zero-order chi connectivity index (χ0) is 14.7. The van der Waals surface area contributed by atoms with Gasteiger partial charge in [0.25, 0.3) is 0 Å². The van der Waals surface area contributed by atoms with Crippen molar-refractivity contribution in [1.29, 1.82) is 5.26 Å². The summed E-state index contributed by atoms with van der Waals surface area (Å²) in [6, 6.07) is 22.1. The van der Waals surface area contributed by atoms with Crippen molar-refractivity contribution in [1.82, 2.24) is 0 Å². The molecule has 0 amide bonds. The summed E-state index contributed by atoms with van der Waals surface area (Å²) in [4.78, 5) is 0.441. The van der Waals surface area contributed by atoms with Crippen LogP contribution in [0.5, 0.6) is 0 Å². The summed E-state index contributed by atoms with van der Waals surface area (Å²) >= 11 is 1.46. The maximum absolute atomic E-state index is 9.19. The first-order valence-corrected chi connectivity index (χ1v) is 7.50. The van der Waals surface area contributed by atoms with Gasteiger partial charge in [0.05, 0.1) is 5.25 Å². The minimum absolute atomic E-state index is 0.00977. The van der Waals surface area contributed by atoms with Crippen LogP contribution in [0.3, 0.4) is 0 Å². The number of benzene rings is 2. The van der Waals surface area contributed by atoms with E-state index in [0.29, 0.717) is 4.91 Å². The fourth-order valence-electron chi connectivity index (χ4n) is 2.35. The zero-order valence-electron chi connectivity index (χ0n) is 11.3. The third-order valence-electron chi connectivity index (χ3n) is 3.36. The van der Waals surface area contributed by atoms with Gasteiger partial charge in [-0.15, -0.1) is 0 Å². The van der Waals surface area contributed by atoms with Crippen LogP contribution in [0.4, 0.5) is 0 Å². The molecule has 0 fully saturated rings. The van der Waals surface area contributed by atoms with E-state index in [4.69, 9.17) is 10.5 Å². The lowest BCUT2D eigenvalue weighted by molar-refractivity contribution is 0.108. The van der Waals surface area contributed by atoms with E-state index >= 15 is 0 Å². The summed E-state index contributed by atoms with van der Waals surface area (Å²) in [5, 5.41) is 9.20. The number of nitrogens with two attached hydrogens (primary N) is 1. The highest BCUT2D eigenvalue weighted by Gasteiger charge is 2.34. The van der Waals surface area contributed by atoms with Crippen molar-refractivity contribution in [3.05, 3.63) is 82.6 Å². The van der Waals surface area contributed by atoms with E-state index in [0.717, 1.165) is 11.1 Å². The summed E-state index contributed by atoms with van der Waals surface area (Å²) in [7, 11) is 0. The summed E-state index contributed by atoms with van der Waals surface area (Å²) in [6.07, 6.45) is -0.198. The van der Waals surface area contributed by atoms with Crippen LogP contribution in [0.1, 0.15) is 22.5 Å². The maximum Gasteiger partial charge on any atom is 0.209 e. The van der Waals surface area contributed by atoms with Crippen LogP contribution in [-0.4, -0.2) is 0 Å². The number of hydrogen-bond acceptors (Lipinski definition) is 4. The molecule has 0 saturated carbocycles. The van der Waals surface area contributed by atoms with Gasteiger partial charge in [-0.2, -0.15) is 5.26 Å². The van der Waals surface area contributed by atoms with Gasteiger partial charge < -0.3 is 10.5 Å². The van der Waals surface area contributed by atoms with E-state index in [1.807, 2.05) is 60.7 Å². The monoisotopic (exact) mass is 294 g/mol. The number of rotatable bonds is 2. The molecule has 1 heterocycles. The Morgan fingerprint density at radius 2 is 1.52 bits per heavy atom. The van der Waals surface area contributed by atoms with Gasteiger partial charge in [-0.25, -0.2) is 0 Å². The van der Waals surface area contributed by atoms with Crippen LogP contribution in [0, 0.1) is 11.3 Å². The molecule has 0 bridgehead atoms. The fraction of sp³-hybridized carbons (Fsp3) is 0.118. The number of allylic oxidation sites excluding steroid dienone is 1. The molecule has 1 aliphatic heterocycles. The van der Waals surface area contributed by atoms with Crippen LogP contribution in [-0.2, 0) is 4.74 Å². The molecule has 2 atom stereocenters. The summed E-state index contributed by atoms with van der Waals surface area (Å²) in [5.41, 5.74) is 8.05. The van der Waals surface area contributed by atoms with Crippen molar-refractivity contribution in [2.45, 2.75) is 11.4 Å². The molecule has 2 aromatic rings.